The highest BCUT2D eigenvalue weighted by Crippen LogP contribution is 2.34. The lowest BCUT2D eigenvalue weighted by molar-refractivity contribution is -0.384. The van der Waals surface area contributed by atoms with Crippen LogP contribution < -0.4 is 5.32 Å². The number of rotatable bonds is 4. The minimum absolute atomic E-state index is 0.0463. The third kappa shape index (κ3) is 2.23. The topological polar surface area (TPSA) is 68.1 Å². The van der Waals surface area contributed by atoms with Gasteiger partial charge in [0.1, 0.15) is 0 Å². The summed E-state index contributed by atoms with van der Waals surface area (Å²) in [5.41, 5.74) is 0.0463. The van der Waals surface area contributed by atoms with Gasteiger partial charge in [0.05, 0.1) is 4.92 Å². The van der Waals surface area contributed by atoms with Gasteiger partial charge in [0.15, 0.2) is 0 Å². The van der Waals surface area contributed by atoms with Gasteiger partial charge in [-0.1, -0.05) is 0 Å². The summed E-state index contributed by atoms with van der Waals surface area (Å²) in [7, 11) is 0. The van der Waals surface area contributed by atoms with E-state index in [1.807, 2.05) is 6.92 Å². The zero-order chi connectivity index (χ0) is 10.8. The highest BCUT2D eigenvalue weighted by atomic mass is 16.6. The standard InChI is InChI=1S/C10H13N3O2/c1-7(8-4-5-8)12-10-9(13(14)15)3-2-6-11-10/h2-3,6-8H,4-5H2,1H3,(H,11,12). The highest BCUT2D eigenvalue weighted by Gasteiger charge is 2.29. The van der Waals surface area contributed by atoms with E-state index in [0.717, 1.165) is 0 Å². The Morgan fingerprint density at radius 2 is 2.40 bits per heavy atom. The van der Waals surface area contributed by atoms with E-state index in [1.165, 1.54) is 18.9 Å². The molecule has 1 heterocycles. The monoisotopic (exact) mass is 207 g/mol. The molecule has 1 atom stereocenters. The van der Waals surface area contributed by atoms with Gasteiger partial charge in [-0.05, 0) is 31.7 Å². The molecular formula is C10H13N3O2. The second-order valence-corrected chi connectivity index (χ2v) is 3.90. The summed E-state index contributed by atoms with van der Waals surface area (Å²) in [4.78, 5) is 14.3. The first-order valence-electron chi connectivity index (χ1n) is 5.04. The minimum atomic E-state index is -0.408. The molecule has 1 fully saturated rings. The highest BCUT2D eigenvalue weighted by molar-refractivity contribution is 5.55. The average Bonchev–Trinajstić information content (AvgIpc) is 3.01. The molecule has 1 aromatic heterocycles. The molecule has 2 rings (SSSR count). The summed E-state index contributed by atoms with van der Waals surface area (Å²) >= 11 is 0. The van der Waals surface area contributed by atoms with Crippen LogP contribution in [0.2, 0.25) is 0 Å². The molecule has 0 saturated heterocycles. The predicted octanol–water partition coefficient (Wildman–Crippen LogP) is 2.20. The smallest absolute Gasteiger partial charge is 0.311 e. The molecule has 15 heavy (non-hydrogen) atoms. The van der Waals surface area contributed by atoms with Crippen molar-refractivity contribution in [2.45, 2.75) is 25.8 Å². The number of anilines is 1. The summed E-state index contributed by atoms with van der Waals surface area (Å²) in [6.45, 7) is 2.04. The Morgan fingerprint density at radius 3 is 3.00 bits per heavy atom. The lowest BCUT2D eigenvalue weighted by Crippen LogP contribution is -2.18. The van der Waals surface area contributed by atoms with Crippen molar-refractivity contribution in [3.05, 3.63) is 28.4 Å². The van der Waals surface area contributed by atoms with Crippen molar-refractivity contribution in [3.8, 4) is 0 Å². The van der Waals surface area contributed by atoms with Crippen LogP contribution >= 0.6 is 0 Å². The van der Waals surface area contributed by atoms with E-state index in [-0.39, 0.29) is 11.7 Å². The molecule has 0 spiro atoms. The van der Waals surface area contributed by atoms with Crippen molar-refractivity contribution in [2.75, 3.05) is 5.32 Å². The van der Waals surface area contributed by atoms with Gasteiger partial charge in [-0.15, -0.1) is 0 Å². The molecule has 1 unspecified atom stereocenters. The molecule has 0 aliphatic heterocycles. The zero-order valence-corrected chi connectivity index (χ0v) is 8.51. The Hall–Kier alpha value is -1.65. The maximum atomic E-state index is 10.7. The predicted molar refractivity (Wildman–Crippen MR) is 56.7 cm³/mol. The molecule has 80 valence electrons. The van der Waals surface area contributed by atoms with Crippen LogP contribution in [-0.4, -0.2) is 15.9 Å². The van der Waals surface area contributed by atoms with Gasteiger partial charge >= 0.3 is 5.69 Å². The summed E-state index contributed by atoms with van der Waals surface area (Å²) in [5, 5.41) is 13.8. The van der Waals surface area contributed by atoms with Gasteiger partial charge in [-0.2, -0.15) is 0 Å². The van der Waals surface area contributed by atoms with Gasteiger partial charge in [0, 0.05) is 18.3 Å². The van der Waals surface area contributed by atoms with Gasteiger partial charge < -0.3 is 5.32 Å². The first-order valence-corrected chi connectivity index (χ1v) is 5.04. The molecular weight excluding hydrogens is 194 g/mol. The van der Waals surface area contributed by atoms with E-state index in [2.05, 4.69) is 10.3 Å². The van der Waals surface area contributed by atoms with E-state index in [0.29, 0.717) is 11.7 Å². The zero-order valence-electron chi connectivity index (χ0n) is 8.51. The van der Waals surface area contributed by atoms with Crippen molar-refractivity contribution in [1.82, 2.24) is 4.98 Å². The maximum absolute atomic E-state index is 10.7. The minimum Gasteiger partial charge on any atom is -0.362 e. The maximum Gasteiger partial charge on any atom is 0.311 e. The van der Waals surface area contributed by atoms with Crippen LogP contribution in [0.3, 0.4) is 0 Å². The van der Waals surface area contributed by atoms with Crippen LogP contribution in [0.4, 0.5) is 11.5 Å². The van der Waals surface area contributed by atoms with Gasteiger partial charge in [0.25, 0.3) is 0 Å². The number of nitrogens with zero attached hydrogens (tertiary/aromatic N) is 2. The lowest BCUT2D eigenvalue weighted by atomic mass is 10.2. The van der Waals surface area contributed by atoms with E-state index in [9.17, 15) is 10.1 Å². The van der Waals surface area contributed by atoms with Crippen LogP contribution in [0.1, 0.15) is 19.8 Å². The van der Waals surface area contributed by atoms with Crippen molar-refractivity contribution in [1.29, 1.82) is 0 Å². The summed E-state index contributed by atoms with van der Waals surface area (Å²) < 4.78 is 0. The van der Waals surface area contributed by atoms with E-state index < -0.39 is 4.92 Å². The molecule has 5 nitrogen and oxygen atoms in total. The molecule has 1 aliphatic rings. The van der Waals surface area contributed by atoms with Crippen LogP contribution in [0.15, 0.2) is 18.3 Å². The molecule has 1 saturated carbocycles. The molecule has 5 heteroatoms. The molecule has 1 aliphatic carbocycles. The third-order valence-electron chi connectivity index (χ3n) is 2.68. The van der Waals surface area contributed by atoms with Gasteiger partial charge in [-0.3, -0.25) is 10.1 Å². The Morgan fingerprint density at radius 1 is 1.67 bits per heavy atom. The first kappa shape index (κ1) is 9.89. The number of pyridine rings is 1. The van der Waals surface area contributed by atoms with Crippen molar-refractivity contribution >= 4 is 11.5 Å². The molecule has 0 amide bonds. The third-order valence-corrected chi connectivity index (χ3v) is 2.68. The Bertz CT molecular complexity index is 377. The SMILES string of the molecule is CC(Nc1ncccc1[N+](=O)[O-])C1CC1. The van der Waals surface area contributed by atoms with Crippen LogP contribution in [0.5, 0.6) is 0 Å². The second kappa shape index (κ2) is 3.84. The Balaban J connectivity index is 2.15. The van der Waals surface area contributed by atoms with Crippen LogP contribution in [0.25, 0.3) is 0 Å². The quantitative estimate of drug-likeness (QED) is 0.607. The average molecular weight is 207 g/mol. The van der Waals surface area contributed by atoms with Crippen molar-refractivity contribution < 1.29 is 4.92 Å². The fourth-order valence-corrected chi connectivity index (χ4v) is 1.59. The second-order valence-electron chi connectivity index (χ2n) is 3.90. The number of hydrogen-bond acceptors (Lipinski definition) is 4. The number of nitro groups is 1. The van der Waals surface area contributed by atoms with Crippen molar-refractivity contribution in [3.63, 3.8) is 0 Å². The molecule has 1 N–H and O–H groups in total. The summed E-state index contributed by atoms with van der Waals surface area (Å²) in [5.74, 6) is 1.02. The largest absolute Gasteiger partial charge is 0.362 e. The fourth-order valence-electron chi connectivity index (χ4n) is 1.59. The summed E-state index contributed by atoms with van der Waals surface area (Å²) in [6.07, 6.45) is 3.97. The van der Waals surface area contributed by atoms with Crippen molar-refractivity contribution in [2.24, 2.45) is 5.92 Å². The van der Waals surface area contributed by atoms with E-state index in [1.54, 1.807) is 12.3 Å². The van der Waals surface area contributed by atoms with Gasteiger partial charge in [0.2, 0.25) is 5.82 Å². The molecule has 0 radical (unpaired) electrons. The van der Waals surface area contributed by atoms with Crippen LogP contribution in [-0.2, 0) is 0 Å². The van der Waals surface area contributed by atoms with E-state index >= 15 is 0 Å². The molecule has 0 bridgehead atoms. The normalized spacial score (nSPS) is 17.1. The number of hydrogen-bond donors (Lipinski definition) is 1. The Labute approximate surface area is 87.7 Å². The lowest BCUT2D eigenvalue weighted by Gasteiger charge is -2.12. The number of aromatic nitrogens is 1. The fraction of sp³-hybridized carbons (Fsp3) is 0.500. The summed E-state index contributed by atoms with van der Waals surface area (Å²) in [6, 6.07) is 3.30. The molecule has 0 aromatic carbocycles. The first-order chi connectivity index (χ1) is 7.18. The van der Waals surface area contributed by atoms with E-state index in [4.69, 9.17) is 0 Å². The number of nitrogens with one attached hydrogen (secondary N) is 1. The molecule has 1 aromatic rings. The Kier molecular flexibility index (Phi) is 2.53. The van der Waals surface area contributed by atoms with Crippen LogP contribution in [0, 0.1) is 16.0 Å². The van der Waals surface area contributed by atoms with Gasteiger partial charge in [-0.25, -0.2) is 4.98 Å².